The molecule has 2 aromatic carbocycles. The van der Waals surface area contributed by atoms with Gasteiger partial charge >= 0.3 is 6.09 Å². The predicted octanol–water partition coefficient (Wildman–Crippen LogP) is 4.47. The summed E-state index contributed by atoms with van der Waals surface area (Å²) in [4.78, 5) is 40.3. The van der Waals surface area contributed by atoms with Gasteiger partial charge in [-0.3, -0.25) is 4.79 Å². The minimum Gasteiger partial charge on any atom is -0.453 e. The van der Waals surface area contributed by atoms with E-state index in [1.807, 2.05) is 38.2 Å². The van der Waals surface area contributed by atoms with Crippen LogP contribution in [-0.2, 0) is 14.5 Å². The van der Waals surface area contributed by atoms with Crippen molar-refractivity contribution in [1.29, 1.82) is 0 Å². The third kappa shape index (κ3) is 5.61. The normalized spacial score (nSPS) is 17.7. The molecule has 3 aromatic rings. The highest BCUT2D eigenvalue weighted by atomic mass is 16.8. The number of imidazole rings is 1. The second kappa shape index (κ2) is 11.2. The summed E-state index contributed by atoms with van der Waals surface area (Å²) in [5, 5.41) is 4.31. The van der Waals surface area contributed by atoms with Gasteiger partial charge in [0.25, 0.3) is 0 Å². The lowest BCUT2D eigenvalue weighted by atomic mass is 10.0. The molecule has 10 nitrogen and oxygen atoms in total. The number of H-pyrrole nitrogens is 1. The molecule has 3 heterocycles. The molecule has 0 saturated carbocycles. The van der Waals surface area contributed by atoms with Crippen molar-refractivity contribution in [2.24, 2.45) is 5.92 Å². The number of hydrogen-bond donors (Lipinski definition) is 3. The predicted molar refractivity (Wildman–Crippen MR) is 147 cm³/mol. The molecule has 0 bridgehead atoms. The van der Waals surface area contributed by atoms with Crippen LogP contribution in [0.5, 0.6) is 0 Å². The minimum absolute atomic E-state index is 0.0769. The van der Waals surface area contributed by atoms with Crippen LogP contribution in [0.2, 0.25) is 0 Å². The molecule has 10 heteroatoms. The molecule has 0 radical (unpaired) electrons. The van der Waals surface area contributed by atoms with E-state index in [1.54, 1.807) is 5.06 Å². The number of hydrogen-bond acceptors (Lipinski definition) is 7. The van der Waals surface area contributed by atoms with Crippen molar-refractivity contribution in [3.63, 3.8) is 0 Å². The van der Waals surface area contributed by atoms with Crippen LogP contribution in [0.15, 0.2) is 60.9 Å². The molecule has 5 rings (SSSR count). The molecule has 1 saturated heterocycles. The van der Waals surface area contributed by atoms with Crippen LogP contribution < -0.4 is 10.8 Å². The largest absolute Gasteiger partial charge is 0.453 e. The van der Waals surface area contributed by atoms with E-state index >= 15 is 0 Å². The van der Waals surface area contributed by atoms with Crippen molar-refractivity contribution < 1.29 is 19.3 Å². The van der Waals surface area contributed by atoms with E-state index < -0.39 is 12.1 Å². The Kier molecular flexibility index (Phi) is 7.56. The van der Waals surface area contributed by atoms with Gasteiger partial charge < -0.3 is 19.9 Å². The average molecular weight is 531 g/mol. The summed E-state index contributed by atoms with van der Waals surface area (Å²) in [6, 6.07) is 15.8. The monoisotopic (exact) mass is 530 g/mol. The lowest BCUT2D eigenvalue weighted by Crippen LogP contribution is -2.51. The van der Waals surface area contributed by atoms with Gasteiger partial charge in [-0.1, -0.05) is 62.4 Å². The van der Waals surface area contributed by atoms with Crippen LogP contribution >= 0.6 is 0 Å². The summed E-state index contributed by atoms with van der Waals surface area (Å²) < 4.78 is 4.72. The highest BCUT2D eigenvalue weighted by Gasteiger charge is 2.37. The quantitative estimate of drug-likeness (QED) is 0.413. The maximum atomic E-state index is 13.4. The number of benzene rings is 2. The van der Waals surface area contributed by atoms with E-state index in [4.69, 9.17) is 9.68 Å². The Morgan fingerprint density at radius 3 is 2.28 bits per heavy atom. The number of ether oxygens (including phenoxy) is 1. The lowest BCUT2D eigenvalue weighted by Gasteiger charge is -2.30. The highest BCUT2D eigenvalue weighted by Crippen LogP contribution is 2.33. The van der Waals surface area contributed by atoms with Crippen LogP contribution in [0.3, 0.4) is 0 Å². The van der Waals surface area contributed by atoms with Gasteiger partial charge in [-0.15, -0.1) is 0 Å². The van der Waals surface area contributed by atoms with E-state index in [-0.39, 0.29) is 17.9 Å². The van der Waals surface area contributed by atoms with Crippen LogP contribution in [-0.4, -0.2) is 58.7 Å². The van der Waals surface area contributed by atoms with Crippen LogP contribution in [0.4, 0.5) is 4.79 Å². The number of nitrogens with one attached hydrogen (secondary N) is 3. The summed E-state index contributed by atoms with van der Waals surface area (Å²) in [6.07, 6.45) is 4.79. The smallest absolute Gasteiger partial charge is 0.407 e. The molecule has 1 aromatic heterocycles. The first-order valence-corrected chi connectivity index (χ1v) is 13.1. The van der Waals surface area contributed by atoms with E-state index in [0.29, 0.717) is 6.54 Å². The zero-order chi connectivity index (χ0) is 27.5. The van der Waals surface area contributed by atoms with Crippen LogP contribution in [0.1, 0.15) is 44.1 Å². The van der Waals surface area contributed by atoms with E-state index in [2.05, 4.69) is 69.3 Å². The van der Waals surface area contributed by atoms with Gasteiger partial charge in [0, 0.05) is 19.2 Å². The summed E-state index contributed by atoms with van der Waals surface area (Å²) >= 11 is 0. The van der Waals surface area contributed by atoms with Crippen LogP contribution in [0, 0.1) is 5.92 Å². The van der Waals surface area contributed by atoms with Gasteiger partial charge in [-0.2, -0.15) is 4.94 Å². The van der Waals surface area contributed by atoms with Gasteiger partial charge in [0.05, 0.1) is 36.9 Å². The molecule has 3 N–H and O–H groups in total. The van der Waals surface area contributed by atoms with Gasteiger partial charge in [0.15, 0.2) is 0 Å². The van der Waals surface area contributed by atoms with Crippen molar-refractivity contribution in [1.82, 2.24) is 30.7 Å². The molecule has 2 atom stereocenters. The van der Waals surface area contributed by atoms with Gasteiger partial charge in [-0.05, 0) is 35.4 Å². The Bertz CT molecular complexity index is 1350. The Morgan fingerprint density at radius 1 is 1.05 bits per heavy atom. The fourth-order valence-corrected chi connectivity index (χ4v) is 5.02. The Balaban J connectivity index is 1.28. The zero-order valence-corrected chi connectivity index (χ0v) is 22.6. The molecule has 1 fully saturated rings. The van der Waals surface area contributed by atoms with Gasteiger partial charge in [-0.25, -0.2) is 20.3 Å². The molecule has 0 aliphatic carbocycles. The van der Waals surface area contributed by atoms with Gasteiger partial charge in [0.1, 0.15) is 11.9 Å². The standard InChI is InChI=1S/C29H34N6O4/c1-18(2)26(32-29(37)38-4)28(36)35-15-5-6-25(35)27-30-16-23(31-27)21-11-7-19(8-12-21)20-9-13-22(14-10-20)24-17-34(3)39-33-24/h7-14,16-18,25-26,33H,5-6,15H2,1-4H3,(H,30,31)(H,32,37). The minimum atomic E-state index is -0.657. The summed E-state index contributed by atoms with van der Waals surface area (Å²) in [5.74, 6) is 0.554. The number of nitrogens with zero attached hydrogens (tertiary/aromatic N) is 3. The number of hydroxylamine groups is 3. The zero-order valence-electron chi connectivity index (χ0n) is 22.6. The molecule has 0 spiro atoms. The Labute approximate surface area is 227 Å². The highest BCUT2D eigenvalue weighted by molar-refractivity contribution is 5.86. The molecule has 39 heavy (non-hydrogen) atoms. The molecular formula is C29H34N6O4. The number of aromatic amines is 1. The molecule has 2 aliphatic rings. The second-order valence-electron chi connectivity index (χ2n) is 10.2. The van der Waals surface area contributed by atoms with Gasteiger partial charge in [0.2, 0.25) is 5.91 Å². The number of carbonyl (C=O) groups is 2. The number of amides is 2. The summed E-state index contributed by atoms with van der Waals surface area (Å²) in [6.45, 7) is 4.44. The third-order valence-electron chi connectivity index (χ3n) is 7.17. The Morgan fingerprint density at radius 2 is 1.69 bits per heavy atom. The summed E-state index contributed by atoms with van der Waals surface area (Å²) in [7, 11) is 3.12. The topological polar surface area (TPSA) is 112 Å². The lowest BCUT2D eigenvalue weighted by molar-refractivity contribution is -0.135. The first-order valence-electron chi connectivity index (χ1n) is 13.1. The number of carbonyl (C=O) groups excluding carboxylic acids is 2. The fourth-order valence-electron chi connectivity index (χ4n) is 5.02. The summed E-state index contributed by atoms with van der Waals surface area (Å²) in [5.41, 5.74) is 8.98. The number of alkyl carbamates (subject to hydrolysis) is 1. The number of methoxy groups -OCH3 is 1. The second-order valence-corrected chi connectivity index (χ2v) is 10.2. The third-order valence-corrected chi connectivity index (χ3v) is 7.17. The molecule has 2 unspecified atom stereocenters. The number of likely N-dealkylation sites (tertiary alicyclic amines) is 1. The van der Waals surface area contributed by atoms with Crippen molar-refractivity contribution in [2.45, 2.75) is 38.8 Å². The van der Waals surface area contributed by atoms with Crippen molar-refractivity contribution in [3.8, 4) is 22.4 Å². The molecule has 2 aliphatic heterocycles. The maximum absolute atomic E-state index is 13.4. The van der Waals surface area contributed by atoms with E-state index in [0.717, 1.165) is 52.3 Å². The number of rotatable bonds is 7. The van der Waals surface area contributed by atoms with E-state index in [9.17, 15) is 9.59 Å². The average Bonchev–Trinajstić information content (AvgIpc) is 3.72. The molecule has 204 valence electrons. The Hall–Kier alpha value is -4.31. The maximum Gasteiger partial charge on any atom is 0.407 e. The van der Waals surface area contributed by atoms with Crippen LogP contribution in [0.25, 0.3) is 28.1 Å². The van der Waals surface area contributed by atoms with Crippen molar-refractivity contribution in [3.05, 3.63) is 72.3 Å². The fraction of sp³-hybridized carbons (Fsp3) is 0.345. The SMILES string of the molecule is COC(=O)NC(C(=O)N1CCCC1c1ncc(-c2ccc(-c3ccc(C4=CN(C)ON4)cc3)cc2)[nH]1)C(C)C. The number of aromatic nitrogens is 2. The molecule has 2 amide bonds. The van der Waals surface area contributed by atoms with Crippen molar-refractivity contribution >= 4 is 17.7 Å². The first kappa shape index (κ1) is 26.3. The first-order chi connectivity index (χ1) is 18.8. The molecular weight excluding hydrogens is 496 g/mol. The van der Waals surface area contributed by atoms with E-state index in [1.165, 1.54) is 7.11 Å². The van der Waals surface area contributed by atoms with Crippen molar-refractivity contribution in [2.75, 3.05) is 20.7 Å².